The van der Waals surface area contributed by atoms with E-state index < -0.39 is 0 Å². The summed E-state index contributed by atoms with van der Waals surface area (Å²) in [4.78, 5) is 0. The van der Waals surface area contributed by atoms with Gasteiger partial charge >= 0.3 is 0 Å². The Kier molecular flexibility index (Phi) is 4.29. The van der Waals surface area contributed by atoms with Crippen molar-refractivity contribution in [3.63, 3.8) is 0 Å². The van der Waals surface area contributed by atoms with Crippen molar-refractivity contribution in [2.45, 2.75) is 0 Å². The summed E-state index contributed by atoms with van der Waals surface area (Å²) in [6, 6.07) is 6.95. The molecule has 7 heteroatoms. The molecule has 0 fully saturated rings. The molecule has 1 heterocycles. The molecule has 0 aliphatic rings. The van der Waals surface area contributed by atoms with Gasteiger partial charge in [-0.05, 0) is 0 Å². The van der Waals surface area contributed by atoms with Crippen LogP contribution < -0.4 is 14.8 Å². The number of benzene rings is 1. The van der Waals surface area contributed by atoms with Crippen LogP contribution >= 0.6 is 23.2 Å². The van der Waals surface area contributed by atoms with Crippen molar-refractivity contribution in [2.24, 2.45) is 0 Å². The Bertz CT molecular complexity index is 571. The Morgan fingerprint density at radius 1 is 0.947 bits per heavy atom. The molecule has 0 amide bonds. The van der Waals surface area contributed by atoms with Crippen molar-refractivity contribution in [3.8, 4) is 11.5 Å². The molecule has 0 atom stereocenters. The van der Waals surface area contributed by atoms with E-state index in [0.29, 0.717) is 17.2 Å². The maximum absolute atomic E-state index is 5.94. The molecule has 1 aromatic carbocycles. The van der Waals surface area contributed by atoms with Crippen molar-refractivity contribution < 1.29 is 9.47 Å². The molecule has 0 spiro atoms. The molecule has 0 bridgehead atoms. The van der Waals surface area contributed by atoms with Gasteiger partial charge in [-0.15, -0.1) is 10.2 Å². The van der Waals surface area contributed by atoms with Crippen LogP contribution in [0.4, 0.5) is 11.4 Å². The van der Waals surface area contributed by atoms with E-state index in [-0.39, 0.29) is 10.3 Å². The van der Waals surface area contributed by atoms with Crippen molar-refractivity contribution >= 4 is 34.6 Å². The Morgan fingerprint density at radius 2 is 1.58 bits per heavy atom. The highest BCUT2D eigenvalue weighted by molar-refractivity contribution is 6.33. The molecule has 5 nitrogen and oxygen atoms in total. The highest BCUT2D eigenvalue weighted by atomic mass is 35.5. The number of rotatable bonds is 4. The number of aromatic nitrogens is 2. The Labute approximate surface area is 120 Å². The molecule has 2 aromatic rings. The van der Waals surface area contributed by atoms with Gasteiger partial charge < -0.3 is 14.8 Å². The number of ether oxygens (including phenoxy) is 2. The third-order valence-electron chi connectivity index (χ3n) is 2.35. The van der Waals surface area contributed by atoms with Gasteiger partial charge in [0.05, 0.1) is 19.9 Å². The van der Waals surface area contributed by atoms with Crippen molar-refractivity contribution in [1.29, 1.82) is 0 Å². The predicted octanol–water partition coefficient (Wildman–Crippen LogP) is 3.54. The van der Waals surface area contributed by atoms with Crippen LogP contribution in [0.3, 0.4) is 0 Å². The first-order valence-corrected chi connectivity index (χ1v) is 6.07. The van der Waals surface area contributed by atoms with Gasteiger partial charge in [0.15, 0.2) is 10.3 Å². The topological polar surface area (TPSA) is 56.3 Å². The SMILES string of the molecule is COc1cc(Nc2cc(Cl)nnc2Cl)cc(OC)c1. The zero-order valence-electron chi connectivity index (χ0n) is 10.3. The van der Waals surface area contributed by atoms with Crippen molar-refractivity contribution in [1.82, 2.24) is 10.2 Å². The monoisotopic (exact) mass is 299 g/mol. The number of nitrogens with zero attached hydrogens (tertiary/aromatic N) is 2. The summed E-state index contributed by atoms with van der Waals surface area (Å²) in [5.74, 6) is 1.32. The smallest absolute Gasteiger partial charge is 0.175 e. The number of hydrogen-bond acceptors (Lipinski definition) is 5. The first-order chi connectivity index (χ1) is 9.12. The zero-order valence-corrected chi connectivity index (χ0v) is 11.8. The summed E-state index contributed by atoms with van der Waals surface area (Å²) in [5.41, 5.74) is 1.29. The highest BCUT2D eigenvalue weighted by Crippen LogP contribution is 2.30. The Morgan fingerprint density at radius 3 is 2.16 bits per heavy atom. The van der Waals surface area contributed by atoms with Gasteiger partial charge in [0, 0.05) is 30.0 Å². The average molecular weight is 300 g/mol. The van der Waals surface area contributed by atoms with E-state index >= 15 is 0 Å². The average Bonchev–Trinajstić information content (AvgIpc) is 2.42. The second kappa shape index (κ2) is 5.95. The quantitative estimate of drug-likeness (QED) is 0.936. The summed E-state index contributed by atoms with van der Waals surface area (Å²) >= 11 is 11.7. The van der Waals surface area contributed by atoms with Gasteiger partial charge in [-0.1, -0.05) is 23.2 Å². The largest absolute Gasteiger partial charge is 0.497 e. The van der Waals surface area contributed by atoms with E-state index in [1.54, 1.807) is 38.5 Å². The van der Waals surface area contributed by atoms with Crippen LogP contribution in [-0.2, 0) is 0 Å². The second-order valence-electron chi connectivity index (χ2n) is 3.60. The minimum absolute atomic E-state index is 0.228. The van der Waals surface area contributed by atoms with Crippen LogP contribution in [0.1, 0.15) is 0 Å². The molecule has 1 N–H and O–H groups in total. The molecular weight excluding hydrogens is 289 g/mol. The van der Waals surface area contributed by atoms with Gasteiger partial charge in [-0.25, -0.2) is 0 Å². The fourth-order valence-electron chi connectivity index (χ4n) is 1.48. The Hall–Kier alpha value is -1.72. The minimum atomic E-state index is 0.228. The van der Waals surface area contributed by atoms with Crippen molar-refractivity contribution in [2.75, 3.05) is 19.5 Å². The molecular formula is C12H11Cl2N3O2. The van der Waals surface area contributed by atoms with E-state index in [4.69, 9.17) is 32.7 Å². The maximum Gasteiger partial charge on any atom is 0.175 e. The molecule has 0 saturated heterocycles. The van der Waals surface area contributed by atoms with E-state index in [2.05, 4.69) is 15.5 Å². The fraction of sp³-hybridized carbons (Fsp3) is 0.167. The van der Waals surface area contributed by atoms with Gasteiger partial charge in [-0.3, -0.25) is 0 Å². The minimum Gasteiger partial charge on any atom is -0.497 e. The summed E-state index contributed by atoms with van der Waals surface area (Å²) in [6.07, 6.45) is 0. The maximum atomic E-state index is 5.94. The number of methoxy groups -OCH3 is 2. The Balaban J connectivity index is 2.34. The molecule has 0 aliphatic carbocycles. The van der Waals surface area contributed by atoms with Crippen molar-refractivity contribution in [3.05, 3.63) is 34.6 Å². The number of anilines is 2. The van der Waals surface area contributed by atoms with E-state index in [1.165, 1.54) is 0 Å². The summed E-state index contributed by atoms with van der Waals surface area (Å²) < 4.78 is 10.4. The van der Waals surface area contributed by atoms with Gasteiger partial charge in [-0.2, -0.15) is 0 Å². The third kappa shape index (κ3) is 3.39. The normalized spacial score (nSPS) is 10.1. The van der Waals surface area contributed by atoms with Gasteiger partial charge in [0.2, 0.25) is 0 Å². The number of nitrogens with one attached hydrogen (secondary N) is 1. The molecule has 100 valence electrons. The predicted molar refractivity (Wildman–Crippen MR) is 74.9 cm³/mol. The lowest BCUT2D eigenvalue weighted by atomic mass is 10.2. The van der Waals surface area contributed by atoms with Gasteiger partial charge in [0.25, 0.3) is 0 Å². The first kappa shape index (κ1) is 13.7. The molecule has 2 rings (SSSR count). The second-order valence-corrected chi connectivity index (χ2v) is 4.34. The number of hydrogen-bond donors (Lipinski definition) is 1. The van der Waals surface area contributed by atoms with Crippen LogP contribution in [-0.4, -0.2) is 24.4 Å². The van der Waals surface area contributed by atoms with Crippen LogP contribution in [0.2, 0.25) is 10.3 Å². The van der Waals surface area contributed by atoms with Crippen LogP contribution in [0.5, 0.6) is 11.5 Å². The summed E-state index contributed by atoms with van der Waals surface area (Å²) in [6.45, 7) is 0. The van der Waals surface area contributed by atoms with E-state index in [1.807, 2.05) is 0 Å². The van der Waals surface area contributed by atoms with E-state index in [0.717, 1.165) is 5.69 Å². The van der Waals surface area contributed by atoms with Crippen LogP contribution in [0.15, 0.2) is 24.3 Å². The molecule has 0 unspecified atom stereocenters. The lowest BCUT2D eigenvalue weighted by Crippen LogP contribution is -1.96. The molecule has 19 heavy (non-hydrogen) atoms. The zero-order chi connectivity index (χ0) is 13.8. The first-order valence-electron chi connectivity index (χ1n) is 5.31. The van der Waals surface area contributed by atoms with Crippen LogP contribution in [0, 0.1) is 0 Å². The molecule has 0 aliphatic heterocycles. The van der Waals surface area contributed by atoms with Crippen LogP contribution in [0.25, 0.3) is 0 Å². The summed E-state index contributed by atoms with van der Waals surface area (Å²) in [5, 5.41) is 10.9. The molecule has 0 saturated carbocycles. The van der Waals surface area contributed by atoms with Gasteiger partial charge in [0.1, 0.15) is 11.5 Å². The third-order valence-corrected chi connectivity index (χ3v) is 2.81. The summed E-state index contributed by atoms with van der Waals surface area (Å²) in [7, 11) is 3.16. The number of halogens is 2. The fourth-order valence-corrected chi connectivity index (χ4v) is 1.76. The highest BCUT2D eigenvalue weighted by Gasteiger charge is 2.07. The molecule has 1 aromatic heterocycles. The molecule has 0 radical (unpaired) electrons. The van der Waals surface area contributed by atoms with E-state index in [9.17, 15) is 0 Å². The lowest BCUT2D eigenvalue weighted by Gasteiger charge is -2.11. The lowest BCUT2D eigenvalue weighted by molar-refractivity contribution is 0.395. The standard InChI is InChI=1S/C12H11Cl2N3O2/c1-18-8-3-7(4-9(5-8)19-2)15-10-6-11(13)16-17-12(10)14/h3-6H,1-2H3,(H,15,16).